The molecule has 6 heteroatoms. The summed E-state index contributed by atoms with van der Waals surface area (Å²) >= 11 is 0. The van der Waals surface area contributed by atoms with Gasteiger partial charge in [-0.2, -0.15) is 0 Å². The fraction of sp³-hybridized carbons (Fsp3) is 0.278. The van der Waals surface area contributed by atoms with Crippen molar-refractivity contribution < 1.29 is 23.7 Å². The van der Waals surface area contributed by atoms with Gasteiger partial charge in [-0.1, -0.05) is 6.07 Å². The Kier molecular flexibility index (Phi) is 4.74. The second-order valence-electron chi connectivity index (χ2n) is 5.34. The van der Waals surface area contributed by atoms with E-state index in [1.807, 2.05) is 18.2 Å². The maximum absolute atomic E-state index is 12.2. The molecule has 1 aliphatic heterocycles. The lowest BCUT2D eigenvalue weighted by atomic mass is 10.2. The zero-order valence-electron chi connectivity index (χ0n) is 13.6. The standard InChI is InChI=1S/C18H19NO5/c1-12(24-15-6-4-14(21-2)5-7-15)18(20)19-10-13-3-8-16-17(9-13)23-11-22-16/h3-9,12H,10-11H2,1-2H3,(H,19,20)/t12-/m1/s1. The lowest BCUT2D eigenvalue weighted by molar-refractivity contribution is -0.127. The van der Waals surface area contributed by atoms with Crippen molar-refractivity contribution in [1.82, 2.24) is 5.32 Å². The molecular weight excluding hydrogens is 310 g/mol. The summed E-state index contributed by atoms with van der Waals surface area (Å²) in [6.07, 6.45) is -0.604. The highest BCUT2D eigenvalue weighted by Gasteiger charge is 2.16. The van der Waals surface area contributed by atoms with Crippen LogP contribution < -0.4 is 24.3 Å². The summed E-state index contributed by atoms with van der Waals surface area (Å²) in [5, 5.41) is 2.85. The van der Waals surface area contributed by atoms with Gasteiger partial charge in [0.2, 0.25) is 6.79 Å². The number of benzene rings is 2. The molecule has 0 aliphatic carbocycles. The molecule has 1 atom stereocenters. The predicted octanol–water partition coefficient (Wildman–Crippen LogP) is 2.51. The quantitative estimate of drug-likeness (QED) is 0.882. The SMILES string of the molecule is COc1ccc(O[C@H](C)C(=O)NCc2ccc3c(c2)OCO3)cc1. The summed E-state index contributed by atoms with van der Waals surface area (Å²) in [6.45, 7) is 2.34. The van der Waals surface area contributed by atoms with Gasteiger partial charge in [0.1, 0.15) is 11.5 Å². The van der Waals surface area contributed by atoms with Gasteiger partial charge >= 0.3 is 0 Å². The summed E-state index contributed by atoms with van der Waals surface area (Å²) in [7, 11) is 1.60. The molecule has 1 N–H and O–H groups in total. The lowest BCUT2D eigenvalue weighted by Crippen LogP contribution is -2.35. The number of nitrogens with one attached hydrogen (secondary N) is 1. The third-order valence-corrected chi connectivity index (χ3v) is 3.65. The molecular formula is C18H19NO5. The largest absolute Gasteiger partial charge is 0.497 e. The van der Waals surface area contributed by atoms with E-state index in [2.05, 4.69) is 5.32 Å². The molecule has 0 spiro atoms. The number of carbonyl (C=O) groups excluding carboxylic acids is 1. The average Bonchev–Trinajstić information content (AvgIpc) is 3.08. The first kappa shape index (κ1) is 16.0. The van der Waals surface area contributed by atoms with Crippen molar-refractivity contribution in [1.29, 1.82) is 0 Å². The van der Waals surface area contributed by atoms with E-state index in [9.17, 15) is 4.79 Å². The summed E-state index contributed by atoms with van der Waals surface area (Å²) in [6, 6.07) is 12.7. The normalized spacial score (nSPS) is 13.2. The van der Waals surface area contributed by atoms with E-state index >= 15 is 0 Å². The van der Waals surface area contributed by atoms with Crippen LogP contribution >= 0.6 is 0 Å². The second-order valence-corrected chi connectivity index (χ2v) is 5.34. The molecule has 1 heterocycles. The molecule has 2 aromatic rings. The summed E-state index contributed by atoms with van der Waals surface area (Å²) < 4.78 is 21.3. The van der Waals surface area contributed by atoms with Gasteiger partial charge in [0.15, 0.2) is 17.6 Å². The lowest BCUT2D eigenvalue weighted by Gasteiger charge is -2.15. The molecule has 0 bridgehead atoms. The predicted molar refractivity (Wildman–Crippen MR) is 87.5 cm³/mol. The number of amides is 1. The van der Waals surface area contributed by atoms with Crippen LogP contribution in [0.5, 0.6) is 23.0 Å². The minimum Gasteiger partial charge on any atom is -0.497 e. The zero-order valence-corrected chi connectivity index (χ0v) is 13.6. The van der Waals surface area contributed by atoms with Gasteiger partial charge in [0.25, 0.3) is 5.91 Å². The van der Waals surface area contributed by atoms with Crippen molar-refractivity contribution in [3.8, 4) is 23.0 Å². The Morgan fingerprint density at radius 3 is 2.58 bits per heavy atom. The average molecular weight is 329 g/mol. The molecule has 0 aromatic heterocycles. The maximum atomic E-state index is 12.2. The number of hydrogen-bond acceptors (Lipinski definition) is 5. The van der Waals surface area contributed by atoms with Crippen molar-refractivity contribution in [2.75, 3.05) is 13.9 Å². The van der Waals surface area contributed by atoms with Crippen molar-refractivity contribution >= 4 is 5.91 Å². The van der Waals surface area contributed by atoms with Crippen molar-refractivity contribution in [3.63, 3.8) is 0 Å². The fourth-order valence-corrected chi connectivity index (χ4v) is 2.30. The third-order valence-electron chi connectivity index (χ3n) is 3.65. The van der Waals surface area contributed by atoms with Gasteiger partial charge < -0.3 is 24.3 Å². The Labute approximate surface area is 140 Å². The van der Waals surface area contributed by atoms with E-state index < -0.39 is 6.10 Å². The monoisotopic (exact) mass is 329 g/mol. The summed E-state index contributed by atoms with van der Waals surface area (Å²) in [5.41, 5.74) is 0.934. The smallest absolute Gasteiger partial charge is 0.261 e. The van der Waals surface area contributed by atoms with E-state index in [0.717, 1.165) is 17.1 Å². The first-order chi connectivity index (χ1) is 11.7. The van der Waals surface area contributed by atoms with Crippen LogP contribution in [-0.4, -0.2) is 25.9 Å². The molecule has 0 saturated heterocycles. The van der Waals surface area contributed by atoms with E-state index in [1.54, 1.807) is 38.3 Å². The van der Waals surface area contributed by atoms with Crippen LogP contribution in [0.2, 0.25) is 0 Å². The van der Waals surface area contributed by atoms with Gasteiger partial charge in [-0.05, 0) is 48.9 Å². The molecule has 3 rings (SSSR count). The molecule has 2 aromatic carbocycles. The van der Waals surface area contributed by atoms with Gasteiger partial charge in [-0.25, -0.2) is 0 Å². The molecule has 0 fully saturated rings. The highest BCUT2D eigenvalue weighted by atomic mass is 16.7. The molecule has 24 heavy (non-hydrogen) atoms. The molecule has 1 amide bonds. The van der Waals surface area contributed by atoms with Crippen LogP contribution in [0.25, 0.3) is 0 Å². The Morgan fingerprint density at radius 1 is 1.12 bits per heavy atom. The molecule has 1 aliphatic rings. The summed E-state index contributed by atoms with van der Waals surface area (Å²) in [5.74, 6) is 2.58. The van der Waals surface area contributed by atoms with E-state index in [1.165, 1.54) is 0 Å². The van der Waals surface area contributed by atoms with Crippen LogP contribution in [0.15, 0.2) is 42.5 Å². The van der Waals surface area contributed by atoms with Crippen molar-refractivity contribution in [2.45, 2.75) is 19.6 Å². The molecule has 6 nitrogen and oxygen atoms in total. The number of methoxy groups -OCH3 is 1. The zero-order chi connectivity index (χ0) is 16.9. The van der Waals surface area contributed by atoms with Gasteiger partial charge in [0, 0.05) is 6.54 Å². The molecule has 0 unspecified atom stereocenters. The van der Waals surface area contributed by atoms with Crippen LogP contribution in [0.1, 0.15) is 12.5 Å². The van der Waals surface area contributed by atoms with E-state index in [0.29, 0.717) is 18.0 Å². The number of ether oxygens (including phenoxy) is 4. The summed E-state index contributed by atoms with van der Waals surface area (Å²) in [4.78, 5) is 12.2. The number of rotatable bonds is 6. The van der Waals surface area contributed by atoms with Crippen LogP contribution in [0.3, 0.4) is 0 Å². The first-order valence-corrected chi connectivity index (χ1v) is 7.62. The molecule has 0 saturated carbocycles. The third kappa shape index (κ3) is 3.71. The van der Waals surface area contributed by atoms with E-state index in [-0.39, 0.29) is 12.7 Å². The van der Waals surface area contributed by atoms with Gasteiger partial charge in [-0.3, -0.25) is 4.79 Å². The number of carbonyl (C=O) groups is 1. The highest BCUT2D eigenvalue weighted by molar-refractivity contribution is 5.80. The van der Waals surface area contributed by atoms with Crippen molar-refractivity contribution in [3.05, 3.63) is 48.0 Å². The fourth-order valence-electron chi connectivity index (χ4n) is 2.30. The highest BCUT2D eigenvalue weighted by Crippen LogP contribution is 2.32. The van der Waals surface area contributed by atoms with Crippen molar-refractivity contribution in [2.24, 2.45) is 0 Å². The minimum atomic E-state index is -0.604. The van der Waals surface area contributed by atoms with Crippen LogP contribution in [0, 0.1) is 0 Å². The topological polar surface area (TPSA) is 66.0 Å². The van der Waals surface area contributed by atoms with Crippen LogP contribution in [0.4, 0.5) is 0 Å². The first-order valence-electron chi connectivity index (χ1n) is 7.62. The Bertz CT molecular complexity index is 714. The second kappa shape index (κ2) is 7.12. The van der Waals surface area contributed by atoms with E-state index in [4.69, 9.17) is 18.9 Å². The Morgan fingerprint density at radius 2 is 1.83 bits per heavy atom. The minimum absolute atomic E-state index is 0.191. The number of hydrogen-bond donors (Lipinski definition) is 1. The molecule has 0 radical (unpaired) electrons. The number of fused-ring (bicyclic) bond motifs is 1. The van der Waals surface area contributed by atoms with Gasteiger partial charge in [0.05, 0.1) is 7.11 Å². The van der Waals surface area contributed by atoms with Gasteiger partial charge in [-0.15, -0.1) is 0 Å². The Hall–Kier alpha value is -2.89. The Balaban J connectivity index is 1.52. The maximum Gasteiger partial charge on any atom is 0.261 e. The van der Waals surface area contributed by atoms with Crippen LogP contribution in [-0.2, 0) is 11.3 Å². The molecule has 126 valence electrons.